The Morgan fingerprint density at radius 1 is 0.632 bits per heavy atom. The van der Waals surface area contributed by atoms with E-state index in [2.05, 4.69) is 26.6 Å². The summed E-state index contributed by atoms with van der Waals surface area (Å²) in [7, 11) is -1.40. The topological polar surface area (TPSA) is 107 Å². The molecule has 0 amide bonds. The molecule has 0 rings (SSSR count). The summed E-state index contributed by atoms with van der Waals surface area (Å²) in [6, 6.07) is 0. The predicted octanol–water partition coefficient (Wildman–Crippen LogP) is 1.90. The molecule has 19 heavy (non-hydrogen) atoms. The Kier molecular flexibility index (Phi) is 124. The third kappa shape index (κ3) is 57.4. The molecule has 110 valence electrons. The van der Waals surface area contributed by atoms with E-state index in [1.165, 1.54) is 0 Å². The number of hydrogen-bond donors (Lipinski definition) is 0. The van der Waals surface area contributed by atoms with Crippen LogP contribution in [0.1, 0.15) is 20.8 Å². The van der Waals surface area contributed by atoms with Gasteiger partial charge in [-0.2, -0.15) is 13.6 Å². The van der Waals surface area contributed by atoms with E-state index in [4.69, 9.17) is 32.2 Å². The van der Waals surface area contributed by atoms with E-state index >= 15 is 0 Å². The second kappa shape index (κ2) is 64.9. The monoisotopic (exact) mass is 335 g/mol. The van der Waals surface area contributed by atoms with Crippen molar-refractivity contribution >= 4 is 8.60 Å². The fourth-order valence-corrected chi connectivity index (χ4v) is 1.44. The van der Waals surface area contributed by atoms with Crippen molar-refractivity contribution < 1.29 is 49.2 Å². The van der Waals surface area contributed by atoms with Gasteiger partial charge in [-0.15, -0.1) is 0 Å². The molecule has 0 aromatic heterocycles. The van der Waals surface area contributed by atoms with E-state index in [1.54, 1.807) is 0 Å². The maximum absolute atomic E-state index is 7.50. The van der Waals surface area contributed by atoms with Gasteiger partial charge in [-0.25, -0.2) is 0 Å². The Morgan fingerprint density at radius 2 is 0.789 bits per heavy atom. The zero-order chi connectivity index (χ0) is 15.8. The Labute approximate surface area is 125 Å². The van der Waals surface area contributed by atoms with Gasteiger partial charge in [0.15, 0.2) is 0 Å². The minimum absolute atomic E-state index is 0. The van der Waals surface area contributed by atoms with E-state index < -0.39 is 8.60 Å². The maximum Gasteiger partial charge on any atom is 0 e. The van der Waals surface area contributed by atoms with Crippen LogP contribution in [0.2, 0.25) is 0 Å². The van der Waals surface area contributed by atoms with Gasteiger partial charge in [-0.1, -0.05) is 0 Å². The molecule has 0 saturated heterocycles. The fourth-order valence-electron chi connectivity index (χ4n) is 0.479. The van der Waals surface area contributed by atoms with Crippen molar-refractivity contribution in [2.75, 3.05) is 19.8 Å². The van der Waals surface area contributed by atoms with Gasteiger partial charge in [0, 0.05) is 17.1 Å². The van der Waals surface area contributed by atoms with Crippen molar-refractivity contribution in [3.8, 4) is 0 Å². The van der Waals surface area contributed by atoms with Crippen molar-refractivity contribution in [1.82, 2.24) is 0 Å². The summed E-state index contributed by atoms with van der Waals surface area (Å²) >= 11 is 0. The average molecular weight is 335 g/mol. The van der Waals surface area contributed by atoms with Gasteiger partial charge in [-0.05, 0) is 20.8 Å². The molecule has 0 radical (unpaired) electrons. The SMILES string of the molecule is CCO[PH+](OCC)OCC.[C-]#[O+].[C-]#[O+].[C-]#[O+].[C-]#[O+].[Fe]. The van der Waals surface area contributed by atoms with Crippen LogP contribution in [-0.4, -0.2) is 19.8 Å². The smallest absolute Gasteiger partial charge is 0 e. The summed E-state index contributed by atoms with van der Waals surface area (Å²) in [6.07, 6.45) is 0. The third-order valence-electron chi connectivity index (χ3n) is 0.787. The molecule has 0 bridgehead atoms. The van der Waals surface area contributed by atoms with Crippen LogP contribution in [0.3, 0.4) is 0 Å². The maximum atomic E-state index is 7.50. The molecule has 0 aromatic carbocycles. The first-order chi connectivity index (χ1) is 8.85. The normalized spacial score (nSPS) is 6.11. The molecule has 0 atom stereocenters. The molecule has 0 aromatic rings. The van der Waals surface area contributed by atoms with Gasteiger partial charge < -0.3 is 0 Å². The Hall–Kier alpha value is -0.211. The summed E-state index contributed by atoms with van der Waals surface area (Å²) < 4.78 is 45.5. The number of hydrogen-bond acceptors (Lipinski definition) is 3. The van der Waals surface area contributed by atoms with Crippen molar-refractivity contribution in [3.63, 3.8) is 0 Å². The average Bonchev–Trinajstić information content (AvgIpc) is 2.48. The Bertz CT molecular complexity index is 155. The van der Waals surface area contributed by atoms with Crippen molar-refractivity contribution in [2.45, 2.75) is 20.8 Å². The molecule has 0 aliphatic heterocycles. The molecule has 0 saturated carbocycles. The molecule has 0 aliphatic carbocycles. The van der Waals surface area contributed by atoms with Crippen LogP contribution in [0, 0.1) is 26.6 Å². The summed E-state index contributed by atoms with van der Waals surface area (Å²) in [5, 5.41) is 0. The largest absolute Gasteiger partial charge is 0 e. The first kappa shape index (κ1) is 36.4. The first-order valence-corrected chi connectivity index (χ1v) is 5.64. The fraction of sp³-hybridized carbons (Fsp3) is 0.600. The summed E-state index contributed by atoms with van der Waals surface area (Å²) in [5.74, 6) is 0. The van der Waals surface area contributed by atoms with E-state index in [0.717, 1.165) is 0 Å². The molecule has 0 spiro atoms. The van der Waals surface area contributed by atoms with Crippen LogP contribution >= 0.6 is 8.60 Å². The van der Waals surface area contributed by atoms with E-state index in [0.29, 0.717) is 19.8 Å². The molecular weight excluding hydrogens is 319 g/mol. The van der Waals surface area contributed by atoms with Gasteiger partial charge in [0.1, 0.15) is 0 Å². The Balaban J connectivity index is -0.0000000401. The van der Waals surface area contributed by atoms with Gasteiger partial charge >= 0.3 is 53.8 Å². The molecule has 9 heteroatoms. The van der Waals surface area contributed by atoms with E-state index in [1.807, 2.05) is 20.8 Å². The van der Waals surface area contributed by atoms with Crippen LogP contribution in [0.4, 0.5) is 0 Å². The van der Waals surface area contributed by atoms with E-state index in [-0.39, 0.29) is 17.1 Å². The van der Waals surface area contributed by atoms with Crippen LogP contribution in [-0.2, 0) is 49.2 Å². The second-order valence-electron chi connectivity index (χ2n) is 1.55. The van der Waals surface area contributed by atoms with Crippen LogP contribution in [0.5, 0.6) is 0 Å². The third-order valence-corrected chi connectivity index (χ3v) is 2.36. The van der Waals surface area contributed by atoms with E-state index in [9.17, 15) is 0 Å². The van der Waals surface area contributed by atoms with Gasteiger partial charge in [0.2, 0.25) is 0 Å². The van der Waals surface area contributed by atoms with Crippen molar-refractivity contribution in [3.05, 3.63) is 26.6 Å². The van der Waals surface area contributed by atoms with Gasteiger partial charge in [0.05, 0.1) is 19.8 Å². The summed E-state index contributed by atoms with van der Waals surface area (Å²) in [5.41, 5.74) is 0. The minimum Gasteiger partial charge on any atom is 0 e. The van der Waals surface area contributed by atoms with Gasteiger partial charge in [-0.3, -0.25) is 0 Å². The second-order valence-corrected chi connectivity index (χ2v) is 2.92. The van der Waals surface area contributed by atoms with Crippen LogP contribution in [0.25, 0.3) is 0 Å². The zero-order valence-electron chi connectivity index (χ0n) is 10.8. The Morgan fingerprint density at radius 3 is 0.895 bits per heavy atom. The molecule has 0 heterocycles. The molecule has 0 fully saturated rings. The molecule has 7 nitrogen and oxygen atoms in total. The van der Waals surface area contributed by atoms with Crippen LogP contribution < -0.4 is 0 Å². The van der Waals surface area contributed by atoms with Crippen molar-refractivity contribution in [1.29, 1.82) is 0 Å². The predicted molar refractivity (Wildman–Crippen MR) is 58.9 cm³/mol. The molecular formula is C10H16FeO7P+. The summed E-state index contributed by atoms with van der Waals surface area (Å²) in [4.78, 5) is 0. The van der Waals surface area contributed by atoms with Crippen molar-refractivity contribution in [2.24, 2.45) is 0 Å². The first-order valence-electron chi connectivity index (χ1n) is 4.42. The summed E-state index contributed by atoms with van der Waals surface area (Å²) in [6.45, 7) is 25.8. The quantitative estimate of drug-likeness (QED) is 0.320. The van der Waals surface area contributed by atoms with Crippen LogP contribution in [0.15, 0.2) is 0 Å². The molecule has 0 unspecified atom stereocenters. The number of rotatable bonds is 6. The molecule has 0 N–H and O–H groups in total. The van der Waals surface area contributed by atoms with Gasteiger partial charge in [0.25, 0.3) is 0 Å². The minimum atomic E-state index is -1.40. The zero-order valence-corrected chi connectivity index (χ0v) is 12.9. The molecule has 0 aliphatic rings. The standard InChI is InChI=1S/C6H16O3P.4CO.Fe/c1-4-7-10(8-5-2)9-6-3;4*1-2;/h10H,4-6H2,1-3H3;;;;;/q+1;;;;;.